The number of β-lactam (4-membered cyclic amide) rings is 1. The molecular weight excluding hydrogens is 347 g/mol. The standard InChI is InChI=1S/C19H26NO.Y/c1-5-6-7-8-13-20-17(14-18(20)21)15-9-11-16(12-10-15)19(2,3)4;/h7-12,17H,1,5-6,13-14H2,2-4H3;/q-1;/t17-;/m1./s1. The van der Waals surface area contributed by atoms with Gasteiger partial charge < -0.3 is 11.8 Å². The first-order chi connectivity index (χ1) is 9.93. The van der Waals surface area contributed by atoms with E-state index in [0.29, 0.717) is 13.0 Å². The fourth-order valence-electron chi connectivity index (χ4n) is 2.61. The summed E-state index contributed by atoms with van der Waals surface area (Å²) in [5.74, 6) is 0.249. The second-order valence-corrected chi connectivity index (χ2v) is 6.75. The van der Waals surface area contributed by atoms with Crippen molar-refractivity contribution in [1.29, 1.82) is 0 Å². The Balaban J connectivity index is 0.00000242. The molecule has 0 spiro atoms. The van der Waals surface area contributed by atoms with Gasteiger partial charge in [0, 0.05) is 39.3 Å². The van der Waals surface area contributed by atoms with Crippen molar-refractivity contribution in [2.24, 2.45) is 0 Å². The normalized spacial score (nSPS) is 18.3. The van der Waals surface area contributed by atoms with Crippen molar-refractivity contribution in [1.82, 2.24) is 4.90 Å². The third-order valence-corrected chi connectivity index (χ3v) is 4.07. The van der Waals surface area contributed by atoms with Crippen LogP contribution < -0.4 is 0 Å². The van der Waals surface area contributed by atoms with Crippen LogP contribution in [-0.4, -0.2) is 17.4 Å². The predicted molar refractivity (Wildman–Crippen MR) is 87.9 cm³/mol. The van der Waals surface area contributed by atoms with E-state index in [1.807, 2.05) is 4.90 Å². The van der Waals surface area contributed by atoms with Crippen LogP contribution in [0.5, 0.6) is 0 Å². The van der Waals surface area contributed by atoms with Crippen LogP contribution in [0, 0.1) is 6.92 Å². The average molecular weight is 373 g/mol. The average Bonchev–Trinajstić information content (AvgIpc) is 2.43. The second-order valence-electron chi connectivity index (χ2n) is 6.75. The number of rotatable bonds is 5. The van der Waals surface area contributed by atoms with Crippen LogP contribution in [0.1, 0.15) is 57.2 Å². The molecule has 0 aromatic heterocycles. The van der Waals surface area contributed by atoms with E-state index >= 15 is 0 Å². The minimum absolute atomic E-state index is 0. The first kappa shape index (κ1) is 19.6. The summed E-state index contributed by atoms with van der Waals surface area (Å²) in [5, 5.41) is 0. The molecule has 0 N–H and O–H groups in total. The van der Waals surface area contributed by atoms with Crippen molar-refractivity contribution in [3.63, 3.8) is 0 Å². The molecule has 1 heterocycles. The Hall–Kier alpha value is -0.466. The maximum atomic E-state index is 11.8. The Labute approximate surface area is 160 Å². The van der Waals surface area contributed by atoms with Crippen LogP contribution in [-0.2, 0) is 42.9 Å². The Morgan fingerprint density at radius 3 is 2.36 bits per heavy atom. The zero-order valence-electron chi connectivity index (χ0n) is 14.0. The molecule has 1 aromatic rings. The molecule has 22 heavy (non-hydrogen) atoms. The van der Waals surface area contributed by atoms with Crippen molar-refractivity contribution >= 4 is 5.91 Å². The molecule has 0 unspecified atom stereocenters. The van der Waals surface area contributed by atoms with E-state index in [2.05, 4.69) is 64.1 Å². The fraction of sp³-hybridized carbons (Fsp3) is 0.474. The van der Waals surface area contributed by atoms with Crippen LogP contribution in [0.15, 0.2) is 36.4 Å². The van der Waals surface area contributed by atoms with Crippen LogP contribution >= 0.6 is 0 Å². The van der Waals surface area contributed by atoms with Gasteiger partial charge in [0.15, 0.2) is 0 Å². The van der Waals surface area contributed by atoms with Gasteiger partial charge in [0.25, 0.3) is 0 Å². The summed E-state index contributed by atoms with van der Waals surface area (Å²) in [7, 11) is 0. The SMILES string of the molecule is [CH2-]CCC=CCN1C(=O)C[C@@H]1c1ccc(C(C)(C)C)cc1.[Y]. The third-order valence-electron chi connectivity index (χ3n) is 4.07. The van der Waals surface area contributed by atoms with Gasteiger partial charge in [0.05, 0.1) is 12.5 Å². The molecule has 1 radical (unpaired) electrons. The van der Waals surface area contributed by atoms with E-state index in [9.17, 15) is 4.79 Å². The van der Waals surface area contributed by atoms with Gasteiger partial charge >= 0.3 is 0 Å². The van der Waals surface area contributed by atoms with Crippen molar-refractivity contribution in [2.45, 2.75) is 51.5 Å². The maximum absolute atomic E-state index is 11.8. The van der Waals surface area contributed by atoms with Gasteiger partial charge in [-0.2, -0.15) is 6.42 Å². The molecule has 1 fully saturated rings. The van der Waals surface area contributed by atoms with Gasteiger partial charge in [-0.25, -0.2) is 0 Å². The van der Waals surface area contributed by atoms with Crippen LogP contribution in [0.3, 0.4) is 0 Å². The Morgan fingerprint density at radius 2 is 1.86 bits per heavy atom. The number of hydrogen-bond donors (Lipinski definition) is 0. The van der Waals surface area contributed by atoms with Crippen molar-refractivity contribution < 1.29 is 37.5 Å². The van der Waals surface area contributed by atoms with Gasteiger partial charge in [0.2, 0.25) is 5.91 Å². The molecule has 0 bridgehead atoms. The molecule has 3 heteroatoms. The Bertz CT molecular complexity index is 513. The minimum Gasteiger partial charge on any atom is -0.343 e. The number of carbonyl (C=O) groups is 1. The fourth-order valence-corrected chi connectivity index (χ4v) is 2.61. The van der Waals surface area contributed by atoms with E-state index in [1.165, 1.54) is 11.1 Å². The van der Waals surface area contributed by atoms with E-state index in [-0.39, 0.29) is 50.1 Å². The Kier molecular flexibility index (Phi) is 7.48. The van der Waals surface area contributed by atoms with E-state index in [1.54, 1.807) is 0 Å². The molecule has 0 saturated carbocycles. The summed E-state index contributed by atoms with van der Waals surface area (Å²) >= 11 is 0. The first-order valence-electron chi connectivity index (χ1n) is 7.77. The zero-order valence-corrected chi connectivity index (χ0v) is 16.8. The van der Waals surface area contributed by atoms with Gasteiger partial charge in [-0.15, -0.1) is 0 Å². The number of nitrogens with zero attached hydrogens (tertiary/aromatic N) is 1. The largest absolute Gasteiger partial charge is 0.343 e. The summed E-state index contributed by atoms with van der Waals surface area (Å²) < 4.78 is 0. The summed E-state index contributed by atoms with van der Waals surface area (Å²) in [5.41, 5.74) is 2.75. The molecule has 2 nitrogen and oxygen atoms in total. The molecule has 1 amide bonds. The monoisotopic (exact) mass is 373 g/mol. The number of likely N-dealkylation sites (tertiary alicyclic amines) is 1. The number of benzene rings is 1. The number of unbranched alkanes of at least 4 members (excludes halogenated alkanes) is 1. The third kappa shape index (κ3) is 4.76. The number of hydrogen-bond acceptors (Lipinski definition) is 1. The van der Waals surface area contributed by atoms with Crippen LogP contribution in [0.4, 0.5) is 0 Å². The molecule has 117 valence electrons. The van der Waals surface area contributed by atoms with Gasteiger partial charge in [-0.05, 0) is 16.5 Å². The zero-order chi connectivity index (χ0) is 15.5. The molecule has 1 atom stereocenters. The second kappa shape index (κ2) is 8.40. The smallest absolute Gasteiger partial charge is 0.225 e. The maximum Gasteiger partial charge on any atom is 0.225 e. The van der Waals surface area contributed by atoms with Gasteiger partial charge in [-0.1, -0.05) is 63.6 Å². The van der Waals surface area contributed by atoms with E-state index in [4.69, 9.17) is 0 Å². The minimum atomic E-state index is 0. The number of allylic oxidation sites excluding steroid dienone is 1. The quantitative estimate of drug-likeness (QED) is 0.425. The van der Waals surface area contributed by atoms with Crippen molar-refractivity contribution in [3.05, 3.63) is 54.5 Å². The van der Waals surface area contributed by atoms with E-state index in [0.717, 1.165) is 12.8 Å². The number of amides is 1. The van der Waals surface area contributed by atoms with E-state index < -0.39 is 0 Å². The molecular formula is C19H26NOY-. The predicted octanol–water partition coefficient (Wildman–Crippen LogP) is 4.43. The van der Waals surface area contributed by atoms with Gasteiger partial charge in [-0.3, -0.25) is 4.79 Å². The molecule has 1 aromatic carbocycles. The number of carbonyl (C=O) groups excluding carboxylic acids is 1. The Morgan fingerprint density at radius 1 is 1.23 bits per heavy atom. The molecule has 1 aliphatic heterocycles. The molecule has 2 rings (SSSR count). The first-order valence-corrected chi connectivity index (χ1v) is 7.77. The molecule has 1 saturated heterocycles. The molecule has 1 aliphatic rings. The van der Waals surface area contributed by atoms with Crippen LogP contribution in [0.2, 0.25) is 0 Å². The summed E-state index contributed by atoms with van der Waals surface area (Å²) in [6.45, 7) is 11.2. The van der Waals surface area contributed by atoms with Gasteiger partial charge in [0.1, 0.15) is 0 Å². The van der Waals surface area contributed by atoms with Crippen molar-refractivity contribution in [2.75, 3.05) is 6.54 Å². The summed E-state index contributed by atoms with van der Waals surface area (Å²) in [4.78, 5) is 13.7. The van der Waals surface area contributed by atoms with Crippen LogP contribution in [0.25, 0.3) is 0 Å². The summed E-state index contributed by atoms with van der Waals surface area (Å²) in [6, 6.07) is 8.97. The molecule has 0 aliphatic carbocycles. The van der Waals surface area contributed by atoms with Crippen molar-refractivity contribution in [3.8, 4) is 0 Å². The summed E-state index contributed by atoms with van der Waals surface area (Å²) in [6.07, 6.45) is 6.71. The topological polar surface area (TPSA) is 20.3 Å².